The molecule has 0 saturated heterocycles. The molecule has 2 unspecified atom stereocenters. The van der Waals surface area contributed by atoms with E-state index in [1.807, 2.05) is 0 Å². The van der Waals surface area contributed by atoms with Gasteiger partial charge in [-0.05, 0) is 12.5 Å². The van der Waals surface area contributed by atoms with E-state index >= 15 is 0 Å². The molecule has 1 aromatic rings. The van der Waals surface area contributed by atoms with E-state index in [1.165, 1.54) is 6.92 Å². The van der Waals surface area contributed by atoms with Gasteiger partial charge in [-0.25, -0.2) is 0 Å². The van der Waals surface area contributed by atoms with Crippen molar-refractivity contribution in [2.75, 3.05) is 0 Å². The number of hydrogen-bond donors (Lipinski definition) is 1. The van der Waals surface area contributed by atoms with Crippen LogP contribution in [0, 0.1) is 5.92 Å². The van der Waals surface area contributed by atoms with E-state index in [-0.39, 0.29) is 0 Å². The Kier molecular flexibility index (Phi) is 3.70. The lowest BCUT2D eigenvalue weighted by atomic mass is 9.76. The van der Waals surface area contributed by atoms with Crippen LogP contribution in [0.5, 0.6) is 0 Å². The van der Waals surface area contributed by atoms with Crippen LogP contribution in [-0.4, -0.2) is 17.3 Å². The van der Waals surface area contributed by atoms with Gasteiger partial charge in [0.2, 0.25) is 0 Å². The minimum Gasteiger partial charge on any atom is -0.481 e. The molecule has 0 heterocycles. The van der Waals surface area contributed by atoms with Crippen LogP contribution in [-0.2, 0) is 4.79 Å². The summed E-state index contributed by atoms with van der Waals surface area (Å²) in [6, 6.07) is 8.71. The second-order valence-corrected chi connectivity index (χ2v) is 4.76. The third kappa shape index (κ3) is 2.76. The first-order valence-electron chi connectivity index (χ1n) is 6.05. The van der Waals surface area contributed by atoms with E-state index in [4.69, 9.17) is 0 Å². The van der Waals surface area contributed by atoms with Crippen molar-refractivity contribution in [3.8, 4) is 0 Å². The van der Waals surface area contributed by atoms with Crippen molar-refractivity contribution in [2.45, 2.75) is 19.0 Å². The Hall–Kier alpha value is -2.04. The first-order chi connectivity index (χ1) is 9.30. The van der Waals surface area contributed by atoms with Crippen molar-refractivity contribution in [3.05, 3.63) is 59.2 Å². The number of carboxylic acid groups (broad SMARTS) is 1. The van der Waals surface area contributed by atoms with Crippen molar-refractivity contribution >= 4 is 5.97 Å². The van der Waals surface area contributed by atoms with Gasteiger partial charge in [0.1, 0.15) is 0 Å². The number of allylic oxidation sites excluding steroid dienone is 3. The summed E-state index contributed by atoms with van der Waals surface area (Å²) in [6.07, 6.45) is -2.71. The van der Waals surface area contributed by atoms with Crippen molar-refractivity contribution in [2.24, 2.45) is 5.92 Å². The maximum Gasteiger partial charge on any atom is 0.416 e. The van der Waals surface area contributed by atoms with E-state index in [0.29, 0.717) is 11.1 Å². The molecule has 2 rings (SSSR count). The van der Waals surface area contributed by atoms with Gasteiger partial charge in [-0.1, -0.05) is 48.1 Å². The Labute approximate surface area is 114 Å². The summed E-state index contributed by atoms with van der Waals surface area (Å²) in [6.45, 7) is 1.53. The molecule has 5 heteroatoms. The number of rotatable bonds is 2. The van der Waals surface area contributed by atoms with Crippen molar-refractivity contribution in [3.63, 3.8) is 0 Å². The molecule has 0 aromatic heterocycles. The minimum absolute atomic E-state index is 0.401. The van der Waals surface area contributed by atoms with Crippen LogP contribution in [0.1, 0.15) is 18.4 Å². The number of benzene rings is 1. The molecule has 1 aliphatic rings. The number of hydrogen-bond acceptors (Lipinski definition) is 1. The normalized spacial score (nSPS) is 23.0. The van der Waals surface area contributed by atoms with E-state index in [0.717, 1.165) is 12.2 Å². The molecule has 0 spiro atoms. The Morgan fingerprint density at radius 3 is 2.30 bits per heavy atom. The molecule has 2 atom stereocenters. The van der Waals surface area contributed by atoms with Crippen LogP contribution in [0.4, 0.5) is 13.2 Å². The highest BCUT2D eigenvalue weighted by Gasteiger charge is 2.40. The molecular formula is C15H13F3O2. The number of alkyl halides is 3. The maximum atomic E-state index is 12.8. The van der Waals surface area contributed by atoms with Crippen LogP contribution in [0.25, 0.3) is 0 Å². The zero-order chi connectivity index (χ0) is 14.9. The molecule has 0 amide bonds. The summed E-state index contributed by atoms with van der Waals surface area (Å²) in [5.74, 6) is -3.04. The largest absolute Gasteiger partial charge is 0.481 e. The second-order valence-electron chi connectivity index (χ2n) is 4.76. The van der Waals surface area contributed by atoms with Gasteiger partial charge in [-0.2, -0.15) is 13.2 Å². The average Bonchev–Trinajstić information content (AvgIpc) is 2.37. The monoisotopic (exact) mass is 282 g/mol. The van der Waals surface area contributed by atoms with Gasteiger partial charge in [0.15, 0.2) is 0 Å². The molecule has 1 aliphatic carbocycles. The zero-order valence-corrected chi connectivity index (χ0v) is 10.7. The van der Waals surface area contributed by atoms with Gasteiger partial charge in [-0.3, -0.25) is 4.79 Å². The van der Waals surface area contributed by atoms with Gasteiger partial charge in [0.25, 0.3) is 0 Å². The molecule has 2 nitrogen and oxygen atoms in total. The molecule has 20 heavy (non-hydrogen) atoms. The molecule has 0 fully saturated rings. The van der Waals surface area contributed by atoms with E-state index in [1.54, 1.807) is 30.3 Å². The van der Waals surface area contributed by atoms with E-state index in [2.05, 4.69) is 0 Å². The van der Waals surface area contributed by atoms with Crippen molar-refractivity contribution < 1.29 is 23.1 Å². The smallest absolute Gasteiger partial charge is 0.416 e. The fourth-order valence-corrected chi connectivity index (χ4v) is 2.48. The predicted octanol–water partition coefficient (Wildman–Crippen LogP) is 3.92. The fraction of sp³-hybridized carbons (Fsp3) is 0.267. The molecule has 106 valence electrons. The summed E-state index contributed by atoms with van der Waals surface area (Å²) in [5, 5.41) is 9.23. The zero-order valence-electron chi connectivity index (χ0n) is 10.7. The summed E-state index contributed by atoms with van der Waals surface area (Å²) in [4.78, 5) is 11.3. The number of carbonyl (C=O) groups is 1. The second kappa shape index (κ2) is 5.15. The highest BCUT2D eigenvalue weighted by molar-refractivity contribution is 5.76. The first kappa shape index (κ1) is 14.4. The van der Waals surface area contributed by atoms with Gasteiger partial charge in [-0.15, -0.1) is 0 Å². The molecule has 1 N–H and O–H groups in total. The number of halogens is 3. The van der Waals surface area contributed by atoms with Crippen LogP contribution >= 0.6 is 0 Å². The standard InChI is InChI=1S/C15H13F3O2/c1-9-7-11(15(16,17)18)8-12(14(19)20)13(9)10-5-3-2-4-6-10/h2-8,12-13H,1H3,(H,19,20). The number of aliphatic carboxylic acids is 1. The molecule has 0 aliphatic heterocycles. The Morgan fingerprint density at radius 2 is 1.80 bits per heavy atom. The van der Waals surface area contributed by atoms with Gasteiger partial charge in [0, 0.05) is 5.92 Å². The Bertz CT molecular complexity index is 571. The SMILES string of the molecule is CC1=CC(C(F)(F)F)=CC(C(=O)O)C1c1ccccc1. The summed E-state index contributed by atoms with van der Waals surface area (Å²) in [5.41, 5.74) is 0.208. The lowest BCUT2D eigenvalue weighted by molar-refractivity contribution is -0.140. The quantitative estimate of drug-likeness (QED) is 0.892. The summed E-state index contributed by atoms with van der Waals surface area (Å²) in [7, 11) is 0. The molecule has 0 radical (unpaired) electrons. The topological polar surface area (TPSA) is 37.3 Å². The van der Waals surface area contributed by atoms with Crippen LogP contribution in [0.3, 0.4) is 0 Å². The minimum atomic E-state index is -4.53. The molecular weight excluding hydrogens is 269 g/mol. The first-order valence-corrected chi connectivity index (χ1v) is 6.05. The van der Waals surface area contributed by atoms with Gasteiger partial charge < -0.3 is 5.11 Å². The lowest BCUT2D eigenvalue weighted by Crippen LogP contribution is -2.27. The maximum absolute atomic E-state index is 12.8. The van der Waals surface area contributed by atoms with Crippen molar-refractivity contribution in [1.82, 2.24) is 0 Å². The van der Waals surface area contributed by atoms with E-state index in [9.17, 15) is 23.1 Å². The molecule has 0 bridgehead atoms. The third-order valence-electron chi connectivity index (χ3n) is 3.36. The average molecular weight is 282 g/mol. The highest BCUT2D eigenvalue weighted by atomic mass is 19.4. The van der Waals surface area contributed by atoms with E-state index < -0.39 is 29.6 Å². The predicted molar refractivity (Wildman–Crippen MR) is 68.2 cm³/mol. The van der Waals surface area contributed by atoms with Crippen LogP contribution in [0.2, 0.25) is 0 Å². The fourth-order valence-electron chi connectivity index (χ4n) is 2.48. The molecule has 1 aromatic carbocycles. The Balaban J connectivity index is 2.48. The van der Waals surface area contributed by atoms with Crippen LogP contribution in [0.15, 0.2) is 53.6 Å². The highest BCUT2D eigenvalue weighted by Crippen LogP contribution is 2.41. The van der Waals surface area contributed by atoms with Crippen molar-refractivity contribution in [1.29, 1.82) is 0 Å². The van der Waals surface area contributed by atoms with Gasteiger partial charge >= 0.3 is 12.1 Å². The summed E-state index contributed by atoms with van der Waals surface area (Å²) >= 11 is 0. The van der Waals surface area contributed by atoms with Crippen LogP contribution < -0.4 is 0 Å². The van der Waals surface area contributed by atoms with Gasteiger partial charge in [0.05, 0.1) is 11.5 Å². The Morgan fingerprint density at radius 1 is 1.20 bits per heavy atom. The lowest BCUT2D eigenvalue weighted by Gasteiger charge is -2.28. The number of carboxylic acids is 1. The molecule has 0 saturated carbocycles. The third-order valence-corrected chi connectivity index (χ3v) is 3.36. The summed E-state index contributed by atoms with van der Waals surface area (Å²) < 4.78 is 38.3.